The Morgan fingerprint density at radius 2 is 1.47 bits per heavy atom. The molecule has 0 aliphatic heterocycles. The summed E-state index contributed by atoms with van der Waals surface area (Å²) >= 11 is 9.20. The van der Waals surface area contributed by atoms with Crippen LogP contribution in [0.15, 0.2) is 4.47 Å². The standard InChI is InChI=1S/C13H18BrClO2/c1-6(2)9-8(5-15)12(16)11(14)10(7(3)4)13(9)17/h6-7,16-17H,5H2,1-4H3. The van der Waals surface area contributed by atoms with E-state index in [1.165, 1.54) is 0 Å². The molecule has 0 heterocycles. The van der Waals surface area contributed by atoms with Gasteiger partial charge in [-0.3, -0.25) is 0 Å². The van der Waals surface area contributed by atoms with E-state index in [1.54, 1.807) is 0 Å². The van der Waals surface area contributed by atoms with Crippen molar-refractivity contribution in [2.75, 3.05) is 0 Å². The van der Waals surface area contributed by atoms with Gasteiger partial charge in [0.1, 0.15) is 11.5 Å². The van der Waals surface area contributed by atoms with Crippen LogP contribution in [-0.2, 0) is 5.88 Å². The van der Waals surface area contributed by atoms with Crippen molar-refractivity contribution >= 4 is 27.5 Å². The van der Waals surface area contributed by atoms with E-state index in [-0.39, 0.29) is 29.2 Å². The zero-order chi connectivity index (χ0) is 13.3. The van der Waals surface area contributed by atoms with Crippen LogP contribution in [0.5, 0.6) is 11.5 Å². The van der Waals surface area contributed by atoms with E-state index in [0.717, 1.165) is 11.1 Å². The first-order chi connectivity index (χ1) is 7.82. The van der Waals surface area contributed by atoms with Crippen molar-refractivity contribution in [2.45, 2.75) is 45.4 Å². The van der Waals surface area contributed by atoms with Gasteiger partial charge in [0.25, 0.3) is 0 Å². The van der Waals surface area contributed by atoms with Crippen LogP contribution in [0.2, 0.25) is 0 Å². The highest BCUT2D eigenvalue weighted by atomic mass is 79.9. The molecule has 0 aliphatic rings. The van der Waals surface area contributed by atoms with Crippen LogP contribution < -0.4 is 0 Å². The number of phenolic OH excluding ortho intramolecular Hbond substituents is 2. The van der Waals surface area contributed by atoms with E-state index in [0.29, 0.717) is 10.0 Å². The van der Waals surface area contributed by atoms with E-state index < -0.39 is 0 Å². The maximum Gasteiger partial charge on any atom is 0.135 e. The molecule has 0 saturated heterocycles. The van der Waals surface area contributed by atoms with Gasteiger partial charge in [-0.2, -0.15) is 0 Å². The van der Waals surface area contributed by atoms with Crippen LogP contribution in [0.3, 0.4) is 0 Å². The number of halogens is 2. The molecule has 4 heteroatoms. The highest BCUT2D eigenvalue weighted by molar-refractivity contribution is 9.10. The normalized spacial score (nSPS) is 11.5. The summed E-state index contributed by atoms with van der Waals surface area (Å²) in [5, 5.41) is 20.5. The average molecular weight is 322 g/mol. The molecule has 0 bridgehead atoms. The zero-order valence-corrected chi connectivity index (χ0v) is 12.9. The summed E-state index contributed by atoms with van der Waals surface area (Å²) in [5.41, 5.74) is 2.08. The molecular weight excluding hydrogens is 303 g/mol. The van der Waals surface area contributed by atoms with Crippen LogP contribution in [0.4, 0.5) is 0 Å². The van der Waals surface area contributed by atoms with Gasteiger partial charge >= 0.3 is 0 Å². The first kappa shape index (κ1) is 14.7. The Labute approximate surface area is 116 Å². The predicted molar refractivity (Wildman–Crippen MR) is 75.2 cm³/mol. The van der Waals surface area contributed by atoms with Gasteiger partial charge in [-0.05, 0) is 27.8 Å². The minimum Gasteiger partial charge on any atom is -0.507 e. The molecule has 0 aromatic heterocycles. The molecule has 2 nitrogen and oxygen atoms in total. The van der Waals surface area contributed by atoms with Gasteiger partial charge in [-0.1, -0.05) is 27.7 Å². The van der Waals surface area contributed by atoms with E-state index in [1.807, 2.05) is 27.7 Å². The van der Waals surface area contributed by atoms with Crippen LogP contribution in [-0.4, -0.2) is 10.2 Å². The number of benzene rings is 1. The van der Waals surface area contributed by atoms with Crippen molar-refractivity contribution in [3.63, 3.8) is 0 Å². The number of hydrogen-bond donors (Lipinski definition) is 2. The summed E-state index contributed by atoms with van der Waals surface area (Å²) in [6, 6.07) is 0. The Balaban J connectivity index is 3.69. The molecule has 1 rings (SSSR count). The predicted octanol–water partition coefficient (Wildman–Crippen LogP) is 4.85. The van der Waals surface area contributed by atoms with Crippen LogP contribution in [0.25, 0.3) is 0 Å². The Hall–Kier alpha value is -0.410. The summed E-state index contributed by atoms with van der Waals surface area (Å²) in [7, 11) is 0. The summed E-state index contributed by atoms with van der Waals surface area (Å²) in [6.07, 6.45) is 0. The lowest BCUT2D eigenvalue weighted by Crippen LogP contribution is -2.02. The minimum atomic E-state index is 0.111. The molecule has 1 aromatic carbocycles. The second kappa shape index (κ2) is 5.49. The fraction of sp³-hybridized carbons (Fsp3) is 0.538. The molecule has 2 N–H and O–H groups in total. The SMILES string of the molecule is CC(C)c1c(O)c(C(C)C)c(CCl)c(O)c1Br. The average Bonchev–Trinajstić information content (AvgIpc) is 2.21. The Bertz CT molecular complexity index is 428. The fourth-order valence-corrected chi connectivity index (χ4v) is 3.22. The van der Waals surface area contributed by atoms with Crippen molar-refractivity contribution in [1.82, 2.24) is 0 Å². The third kappa shape index (κ3) is 2.55. The number of phenols is 2. The zero-order valence-electron chi connectivity index (χ0n) is 10.5. The summed E-state index contributed by atoms with van der Waals surface area (Å²) in [5.74, 6) is 0.807. The number of alkyl halides is 1. The smallest absolute Gasteiger partial charge is 0.135 e. The van der Waals surface area contributed by atoms with Gasteiger partial charge in [0, 0.05) is 16.7 Å². The van der Waals surface area contributed by atoms with Crippen LogP contribution in [0, 0.1) is 0 Å². The second-order valence-electron chi connectivity index (χ2n) is 4.76. The van der Waals surface area contributed by atoms with E-state index in [2.05, 4.69) is 15.9 Å². The number of rotatable bonds is 3. The van der Waals surface area contributed by atoms with Gasteiger partial charge < -0.3 is 10.2 Å². The van der Waals surface area contributed by atoms with Crippen molar-refractivity contribution in [1.29, 1.82) is 0 Å². The fourth-order valence-electron chi connectivity index (χ4n) is 2.06. The van der Waals surface area contributed by atoms with Gasteiger partial charge in [0.15, 0.2) is 0 Å². The topological polar surface area (TPSA) is 40.5 Å². The molecule has 0 fully saturated rings. The van der Waals surface area contributed by atoms with Crippen LogP contribution in [0.1, 0.15) is 56.2 Å². The van der Waals surface area contributed by atoms with Gasteiger partial charge in [0.05, 0.1) is 10.4 Å². The van der Waals surface area contributed by atoms with Crippen molar-refractivity contribution in [3.8, 4) is 11.5 Å². The van der Waals surface area contributed by atoms with Crippen LogP contribution >= 0.6 is 27.5 Å². The Morgan fingerprint density at radius 3 is 1.82 bits per heavy atom. The van der Waals surface area contributed by atoms with Crippen molar-refractivity contribution in [2.24, 2.45) is 0 Å². The lowest BCUT2D eigenvalue weighted by Gasteiger charge is -2.21. The molecule has 96 valence electrons. The first-order valence-corrected chi connectivity index (χ1v) is 6.97. The quantitative estimate of drug-likeness (QED) is 0.617. The largest absolute Gasteiger partial charge is 0.507 e. The van der Waals surface area contributed by atoms with Crippen molar-refractivity contribution in [3.05, 3.63) is 21.2 Å². The molecule has 1 aromatic rings. The molecule has 0 radical (unpaired) electrons. The third-order valence-corrected chi connectivity index (χ3v) is 3.92. The monoisotopic (exact) mass is 320 g/mol. The molecule has 0 unspecified atom stereocenters. The highest BCUT2D eigenvalue weighted by Gasteiger charge is 2.24. The van der Waals surface area contributed by atoms with Gasteiger partial charge in [0.2, 0.25) is 0 Å². The van der Waals surface area contributed by atoms with Crippen molar-refractivity contribution < 1.29 is 10.2 Å². The maximum absolute atomic E-state index is 10.3. The van der Waals surface area contributed by atoms with Gasteiger partial charge in [-0.15, -0.1) is 11.6 Å². The summed E-state index contributed by atoms with van der Waals surface area (Å²) < 4.78 is 0.546. The first-order valence-electron chi connectivity index (χ1n) is 5.64. The van der Waals surface area contributed by atoms with E-state index in [4.69, 9.17) is 11.6 Å². The number of hydrogen-bond acceptors (Lipinski definition) is 2. The molecule has 0 saturated carbocycles. The third-order valence-electron chi connectivity index (χ3n) is 2.85. The van der Waals surface area contributed by atoms with Gasteiger partial charge in [-0.25, -0.2) is 0 Å². The molecule has 0 amide bonds. The molecule has 0 spiro atoms. The lowest BCUT2D eigenvalue weighted by molar-refractivity contribution is 0.435. The maximum atomic E-state index is 10.3. The minimum absolute atomic E-state index is 0.111. The molecule has 0 aliphatic carbocycles. The highest BCUT2D eigenvalue weighted by Crippen LogP contribution is 2.47. The number of aromatic hydroxyl groups is 2. The Morgan fingerprint density at radius 1 is 1.00 bits per heavy atom. The summed E-state index contributed by atoms with van der Waals surface area (Å²) in [6.45, 7) is 7.90. The van der Waals surface area contributed by atoms with E-state index in [9.17, 15) is 10.2 Å². The molecule has 17 heavy (non-hydrogen) atoms. The lowest BCUT2D eigenvalue weighted by atomic mass is 9.90. The second-order valence-corrected chi connectivity index (χ2v) is 5.82. The molecular formula is C13H18BrClO2. The van der Waals surface area contributed by atoms with E-state index >= 15 is 0 Å². The summed E-state index contributed by atoms with van der Waals surface area (Å²) in [4.78, 5) is 0. The molecule has 0 atom stereocenters. The Kier molecular flexibility index (Phi) is 4.73.